The maximum atomic E-state index is 14.3. The normalized spacial score (nSPS) is 26.9. The van der Waals surface area contributed by atoms with Crippen LogP contribution in [0.3, 0.4) is 0 Å². The van der Waals surface area contributed by atoms with E-state index in [2.05, 4.69) is 55.1 Å². The molecule has 20 nitrogen and oxygen atoms in total. The molecule has 0 spiro atoms. The van der Waals surface area contributed by atoms with E-state index in [0.717, 1.165) is 87.6 Å². The van der Waals surface area contributed by atoms with Gasteiger partial charge in [0.05, 0.1) is 18.1 Å². The van der Waals surface area contributed by atoms with Gasteiger partial charge in [0, 0.05) is 111 Å². The second kappa shape index (κ2) is 28.1. The number of nitrogens with zero attached hydrogens (tertiary/aromatic N) is 14. The third kappa shape index (κ3) is 15.0. The molecule has 6 fully saturated rings. The third-order valence-corrected chi connectivity index (χ3v) is 18.9. The number of hydrogen-bond donors (Lipinski definition) is 1. The number of fused-ring (bicyclic) bond motifs is 3. The Kier molecular flexibility index (Phi) is 19.9. The molecule has 9 atom stereocenters. The molecule has 2 aromatic heterocycles. The maximum Gasteiger partial charge on any atom is 0.410 e. The Hall–Kier alpha value is -8.88. The third-order valence-electron chi connectivity index (χ3n) is 18.7. The lowest BCUT2D eigenvalue weighted by Crippen LogP contribution is -2.37. The first-order valence-electron chi connectivity index (χ1n) is 31.0. The summed E-state index contributed by atoms with van der Waals surface area (Å²) in [5.41, 5.74) is -0.0275. The molecule has 9 unspecified atom stereocenters. The highest BCUT2D eigenvalue weighted by molar-refractivity contribution is 6.28. The number of hydrogen-bond acceptors (Lipinski definition) is 14. The zero-order valence-electron chi connectivity index (χ0n) is 51.2. The topological polar surface area (TPSA) is 203 Å². The van der Waals surface area contributed by atoms with Crippen LogP contribution in [0.15, 0.2) is 94.4 Å². The number of carbonyl (C=O) groups excluding carboxylic acids is 4. The van der Waals surface area contributed by atoms with E-state index in [4.69, 9.17) is 29.5 Å². The monoisotopic (exact) mass is 1300 g/mol. The van der Waals surface area contributed by atoms with Crippen LogP contribution in [0, 0.1) is 101 Å². The van der Waals surface area contributed by atoms with Crippen molar-refractivity contribution in [2.75, 3.05) is 44.2 Å². The minimum atomic E-state index is -0.619. The van der Waals surface area contributed by atoms with Crippen LogP contribution in [-0.2, 0) is 19.1 Å². The average molecular weight is 1300 g/mol. The van der Waals surface area contributed by atoms with E-state index >= 15 is 0 Å². The Balaban J connectivity index is 0.000000134. The molecule has 14 rings (SSSR count). The van der Waals surface area contributed by atoms with Crippen LogP contribution in [0.1, 0.15) is 113 Å². The highest BCUT2D eigenvalue weighted by atomic mass is 35.5. The fourth-order valence-electron chi connectivity index (χ4n) is 14.5. The lowest BCUT2D eigenvalue weighted by molar-refractivity contribution is -0.138. The Bertz CT molecular complexity index is 3790. The molecule has 3 saturated carbocycles. The molecule has 9 aliphatic rings. The van der Waals surface area contributed by atoms with Gasteiger partial charge in [0.25, 0.3) is 11.6 Å². The SMILES string of the molecule is CC(C)(C)OC(=O)N1CC2CC(C(=O)N3N=CCC3c3cc(F)ccc3F)CC2C1.O=C(C1CC2CNCC2C1)N1N=CCC1c1cc(F)ccc1F.[C-]#[N+]c1ccnc(Cl)n1.[C-]#[N+]c1ccnc(N2CC3CC(C(=O)N4N=CCC4c4cc(F)ccc4F)CC3C2)n1. The molecule has 5 aromatic rings. The van der Waals surface area contributed by atoms with Crippen molar-refractivity contribution in [3.8, 4) is 0 Å². The molecule has 3 aromatic carbocycles. The van der Waals surface area contributed by atoms with Crippen molar-refractivity contribution in [3.63, 3.8) is 0 Å². The number of likely N-dealkylation sites (tertiary alicyclic amines) is 1. The summed E-state index contributed by atoms with van der Waals surface area (Å²) >= 11 is 5.36. The van der Waals surface area contributed by atoms with Crippen LogP contribution in [0.25, 0.3) is 9.69 Å². The van der Waals surface area contributed by atoms with Crippen molar-refractivity contribution >= 4 is 71.6 Å². The van der Waals surface area contributed by atoms with Crippen LogP contribution < -0.4 is 10.2 Å². The lowest BCUT2D eigenvalue weighted by atomic mass is 10.00. The number of benzene rings is 3. The van der Waals surface area contributed by atoms with Gasteiger partial charge in [-0.05, 0) is 186 Å². The number of aromatic nitrogens is 4. The van der Waals surface area contributed by atoms with Gasteiger partial charge < -0.3 is 29.5 Å². The van der Waals surface area contributed by atoms with Gasteiger partial charge in [0.15, 0.2) is 0 Å². The van der Waals surface area contributed by atoms with Crippen LogP contribution in [-0.4, -0.2) is 127 Å². The summed E-state index contributed by atoms with van der Waals surface area (Å²) in [5, 5.41) is 20.0. The quantitative estimate of drug-likeness (QED) is 0.0922. The van der Waals surface area contributed by atoms with Gasteiger partial charge >= 0.3 is 17.3 Å². The van der Waals surface area contributed by atoms with E-state index in [9.17, 15) is 45.5 Å². The molecule has 8 heterocycles. The largest absolute Gasteiger partial charge is 0.444 e. The van der Waals surface area contributed by atoms with Gasteiger partial charge in [-0.1, -0.05) is 23.1 Å². The van der Waals surface area contributed by atoms with Crippen LogP contribution in [0.4, 0.5) is 48.7 Å². The number of amides is 4. The summed E-state index contributed by atoms with van der Waals surface area (Å²) in [4.78, 5) is 77.5. The standard InChI is InChI=1S/C22H20F2N6O.C22H27F2N3O3.C17H19F2N3O.C5H2ClN3/c1-25-20-5-6-26-22(28-20)29-11-14-8-13(9-15(14)12-29)21(31)30-19(4-7-27-30)17-10-16(23)2-3-18(17)24;1-22(2,3)30-21(29)26-11-14-8-13(9-15(14)12-26)20(28)27-19(6-7-25-27)17-10-16(23)4-5-18(17)24;18-13-1-2-15(19)14(7-13)16-3-4-21-22(16)17(23)10-5-11-8-20-9-12(11)6-10;1-7-4-2-3-8-5(6)9-4/h2-3,5-7,10,13-15,19H,4,8-9,11-12H2;4-5,7,10,13-15,19H,6,8-9,11-12H2,1-3H3;1-2,4,7,10-12,16,20H,3,5-6,8-9H2;2-3H. The van der Waals surface area contributed by atoms with E-state index in [1.807, 2.05) is 20.8 Å². The summed E-state index contributed by atoms with van der Waals surface area (Å²) < 4.78 is 88.8. The van der Waals surface area contributed by atoms with E-state index in [1.54, 1.807) is 35.8 Å². The molecular weight excluding hydrogens is 1230 g/mol. The second-order valence-corrected chi connectivity index (χ2v) is 26.2. The van der Waals surface area contributed by atoms with Gasteiger partial charge in [0.1, 0.15) is 40.5 Å². The summed E-state index contributed by atoms with van der Waals surface area (Å²) in [6.45, 7) is 23.7. The molecular formula is C66H68ClF6N15O5. The van der Waals surface area contributed by atoms with Crippen molar-refractivity contribution in [3.05, 3.63) is 159 Å². The van der Waals surface area contributed by atoms with Crippen molar-refractivity contribution in [1.82, 2.24) is 45.2 Å². The number of rotatable bonds is 7. The predicted molar refractivity (Wildman–Crippen MR) is 331 cm³/mol. The van der Waals surface area contributed by atoms with Gasteiger partial charge in [-0.2, -0.15) is 15.3 Å². The molecule has 0 radical (unpaired) electrons. The Labute approximate surface area is 538 Å². The fourth-order valence-corrected chi connectivity index (χ4v) is 14.6. The zero-order chi connectivity index (χ0) is 65.8. The van der Waals surface area contributed by atoms with Crippen molar-refractivity contribution in [1.29, 1.82) is 0 Å². The van der Waals surface area contributed by atoms with E-state index < -0.39 is 58.6 Å². The highest BCUT2D eigenvalue weighted by Gasteiger charge is 2.50. The molecule has 3 saturated heterocycles. The molecule has 3 aliphatic carbocycles. The first-order valence-corrected chi connectivity index (χ1v) is 31.4. The van der Waals surface area contributed by atoms with E-state index in [1.165, 1.54) is 33.4 Å². The first-order chi connectivity index (χ1) is 44.6. The number of hydrazone groups is 3. The first kappa shape index (κ1) is 65.6. The minimum Gasteiger partial charge on any atom is -0.444 e. The molecule has 1 N–H and O–H groups in total. The summed E-state index contributed by atoms with van der Waals surface area (Å²) in [5.74, 6) is -0.570. The molecule has 6 aliphatic heterocycles. The van der Waals surface area contributed by atoms with E-state index in [-0.39, 0.29) is 81.2 Å². The van der Waals surface area contributed by atoms with Gasteiger partial charge in [0.2, 0.25) is 17.7 Å². The Morgan fingerprint density at radius 2 is 0.914 bits per heavy atom. The van der Waals surface area contributed by atoms with Crippen molar-refractivity contribution in [2.45, 2.75) is 102 Å². The van der Waals surface area contributed by atoms with Crippen LogP contribution >= 0.6 is 11.6 Å². The molecule has 27 heteroatoms. The smallest absolute Gasteiger partial charge is 0.410 e. The fraction of sp³-hybridized carbons (Fsp3) is 0.470. The number of anilines is 1. The maximum absolute atomic E-state index is 14.3. The Morgan fingerprint density at radius 1 is 0.538 bits per heavy atom. The van der Waals surface area contributed by atoms with Crippen molar-refractivity contribution in [2.24, 2.45) is 68.6 Å². The minimum absolute atomic E-state index is 0.0539. The summed E-state index contributed by atoms with van der Waals surface area (Å²) in [7, 11) is 0. The number of carbonyl (C=O) groups is 4. The number of ether oxygens (including phenoxy) is 1. The number of nitrogens with one attached hydrogen (secondary N) is 1. The van der Waals surface area contributed by atoms with Crippen molar-refractivity contribution < 1.29 is 50.3 Å². The zero-order valence-corrected chi connectivity index (χ0v) is 52.0. The predicted octanol–water partition coefficient (Wildman–Crippen LogP) is 12.0. The van der Waals surface area contributed by atoms with Crippen LogP contribution in [0.5, 0.6) is 0 Å². The van der Waals surface area contributed by atoms with Gasteiger partial charge in [-0.15, -0.1) is 0 Å². The second-order valence-electron chi connectivity index (χ2n) is 25.8. The lowest BCUT2D eigenvalue weighted by Gasteiger charge is -2.27. The van der Waals surface area contributed by atoms with E-state index in [0.29, 0.717) is 93.5 Å². The summed E-state index contributed by atoms with van der Waals surface area (Å²) in [6.07, 6.45) is 13.1. The van der Waals surface area contributed by atoms with Crippen LogP contribution in [0.2, 0.25) is 5.28 Å². The number of halogens is 7. The molecule has 0 bridgehead atoms. The summed E-state index contributed by atoms with van der Waals surface area (Å²) in [6, 6.07) is 11.3. The van der Waals surface area contributed by atoms with Gasteiger partial charge in [-0.3, -0.25) is 14.4 Å². The molecule has 4 amide bonds. The molecule has 486 valence electrons. The average Bonchev–Trinajstić information content (AvgIpc) is 1.70. The van der Waals surface area contributed by atoms with Gasteiger partial charge in [-0.25, -0.2) is 56.1 Å². The molecule has 93 heavy (non-hydrogen) atoms. The highest BCUT2D eigenvalue weighted by Crippen LogP contribution is 2.47. The Morgan fingerprint density at radius 3 is 1.29 bits per heavy atom.